The number of benzene rings is 1. The molecule has 1 aromatic heterocycles. The number of aromatic nitrogens is 1. The number of methoxy groups -OCH3 is 1. The van der Waals surface area contributed by atoms with Gasteiger partial charge in [0.15, 0.2) is 0 Å². The summed E-state index contributed by atoms with van der Waals surface area (Å²) in [5.41, 5.74) is 2.24. The minimum absolute atomic E-state index is 0.501. The largest absolute Gasteiger partial charge is 0.497 e. The fraction of sp³-hybridized carbons (Fsp3) is 0.500. The number of nitrogens with zero attached hydrogens (tertiary/aromatic N) is 2. The summed E-state index contributed by atoms with van der Waals surface area (Å²) < 4.78 is 5.31. The Morgan fingerprint density at radius 3 is 3.00 bits per heavy atom. The lowest BCUT2D eigenvalue weighted by Gasteiger charge is -2.17. The number of pyridine rings is 1. The lowest BCUT2D eigenvalue weighted by molar-refractivity contribution is 0.337. The third-order valence-electron chi connectivity index (χ3n) is 4.39. The zero-order valence-corrected chi connectivity index (χ0v) is 13.7. The van der Waals surface area contributed by atoms with Crippen LogP contribution in [0.3, 0.4) is 0 Å². The monoisotopic (exact) mass is 299 g/mol. The SMILES string of the molecule is CCCN1CCC(Nc2cc(C)c3ccc(OC)cc3n2)C1. The molecule has 2 heterocycles. The van der Waals surface area contributed by atoms with E-state index in [0.717, 1.165) is 23.6 Å². The second-order valence-electron chi connectivity index (χ2n) is 6.14. The van der Waals surface area contributed by atoms with E-state index in [1.165, 1.54) is 36.9 Å². The van der Waals surface area contributed by atoms with Gasteiger partial charge in [-0.3, -0.25) is 0 Å². The van der Waals surface area contributed by atoms with Crippen molar-refractivity contribution in [2.24, 2.45) is 0 Å². The van der Waals surface area contributed by atoms with Gasteiger partial charge in [-0.15, -0.1) is 0 Å². The topological polar surface area (TPSA) is 37.4 Å². The van der Waals surface area contributed by atoms with Crippen LogP contribution >= 0.6 is 0 Å². The van der Waals surface area contributed by atoms with E-state index in [2.05, 4.69) is 36.2 Å². The second kappa shape index (κ2) is 6.53. The molecule has 4 nitrogen and oxygen atoms in total. The maximum atomic E-state index is 5.31. The number of ether oxygens (including phenoxy) is 1. The molecule has 1 saturated heterocycles. The molecule has 1 fully saturated rings. The average Bonchev–Trinajstić information content (AvgIpc) is 2.94. The summed E-state index contributed by atoms with van der Waals surface area (Å²) in [4.78, 5) is 7.29. The number of rotatable bonds is 5. The van der Waals surface area contributed by atoms with Crippen molar-refractivity contribution in [3.63, 3.8) is 0 Å². The van der Waals surface area contributed by atoms with Crippen LogP contribution in [0.5, 0.6) is 5.75 Å². The minimum atomic E-state index is 0.501. The number of nitrogens with one attached hydrogen (secondary N) is 1. The molecule has 0 aliphatic carbocycles. The molecule has 118 valence electrons. The van der Waals surface area contributed by atoms with E-state index < -0.39 is 0 Å². The number of hydrogen-bond acceptors (Lipinski definition) is 4. The molecule has 0 bridgehead atoms. The highest BCUT2D eigenvalue weighted by Gasteiger charge is 2.21. The fourth-order valence-corrected chi connectivity index (χ4v) is 3.26. The zero-order chi connectivity index (χ0) is 15.5. The second-order valence-corrected chi connectivity index (χ2v) is 6.14. The van der Waals surface area contributed by atoms with Crippen LogP contribution in [0.1, 0.15) is 25.3 Å². The molecule has 1 N–H and O–H groups in total. The molecule has 3 rings (SSSR count). The Hall–Kier alpha value is -1.81. The smallest absolute Gasteiger partial charge is 0.127 e. The maximum Gasteiger partial charge on any atom is 0.127 e. The molecule has 4 heteroatoms. The summed E-state index contributed by atoms with van der Waals surface area (Å²) in [6.45, 7) is 7.87. The van der Waals surface area contributed by atoms with Gasteiger partial charge in [0.2, 0.25) is 0 Å². The van der Waals surface area contributed by atoms with Crippen molar-refractivity contribution in [2.75, 3.05) is 32.1 Å². The highest BCUT2D eigenvalue weighted by atomic mass is 16.5. The highest BCUT2D eigenvalue weighted by Crippen LogP contribution is 2.25. The van der Waals surface area contributed by atoms with Crippen LogP contribution < -0.4 is 10.1 Å². The summed E-state index contributed by atoms with van der Waals surface area (Å²) in [5.74, 6) is 1.83. The fourth-order valence-electron chi connectivity index (χ4n) is 3.26. The number of likely N-dealkylation sites (tertiary alicyclic amines) is 1. The molecule has 2 aromatic rings. The number of fused-ring (bicyclic) bond motifs is 1. The first-order valence-electron chi connectivity index (χ1n) is 8.14. The van der Waals surface area contributed by atoms with Gasteiger partial charge in [0.25, 0.3) is 0 Å². The molecule has 1 aliphatic heterocycles. The Kier molecular flexibility index (Phi) is 4.48. The molecule has 0 spiro atoms. The summed E-state index contributed by atoms with van der Waals surface area (Å²) in [6.07, 6.45) is 2.41. The van der Waals surface area contributed by atoms with Crippen LogP contribution in [0.2, 0.25) is 0 Å². The predicted octanol–water partition coefficient (Wildman–Crippen LogP) is 3.45. The molecular weight excluding hydrogens is 274 g/mol. The normalized spacial score (nSPS) is 18.8. The number of hydrogen-bond donors (Lipinski definition) is 1. The first-order chi connectivity index (χ1) is 10.7. The van der Waals surface area contributed by atoms with Gasteiger partial charge in [0.05, 0.1) is 12.6 Å². The van der Waals surface area contributed by atoms with E-state index in [-0.39, 0.29) is 0 Å². The molecule has 0 radical (unpaired) electrons. The Labute approximate surface area is 132 Å². The van der Waals surface area contributed by atoms with Gasteiger partial charge in [0, 0.05) is 30.6 Å². The lowest BCUT2D eigenvalue weighted by Crippen LogP contribution is -2.27. The molecule has 1 atom stereocenters. The van der Waals surface area contributed by atoms with Gasteiger partial charge in [-0.1, -0.05) is 6.92 Å². The number of aryl methyl sites for hydroxylation is 1. The average molecular weight is 299 g/mol. The molecule has 1 unspecified atom stereocenters. The van der Waals surface area contributed by atoms with Crippen LogP contribution in [0.15, 0.2) is 24.3 Å². The van der Waals surface area contributed by atoms with E-state index in [1.807, 2.05) is 12.1 Å². The highest BCUT2D eigenvalue weighted by molar-refractivity contribution is 5.85. The quantitative estimate of drug-likeness (QED) is 0.917. The van der Waals surface area contributed by atoms with Crippen LogP contribution in [-0.4, -0.2) is 42.7 Å². The van der Waals surface area contributed by atoms with Crippen molar-refractivity contribution in [1.82, 2.24) is 9.88 Å². The maximum absolute atomic E-state index is 5.31. The van der Waals surface area contributed by atoms with E-state index in [4.69, 9.17) is 9.72 Å². The zero-order valence-electron chi connectivity index (χ0n) is 13.7. The molecule has 1 aliphatic rings. The summed E-state index contributed by atoms with van der Waals surface area (Å²) in [6, 6.07) is 8.73. The molecule has 0 saturated carbocycles. The third-order valence-corrected chi connectivity index (χ3v) is 4.39. The first kappa shape index (κ1) is 15.1. The minimum Gasteiger partial charge on any atom is -0.497 e. The summed E-state index contributed by atoms with van der Waals surface area (Å²) in [7, 11) is 1.69. The van der Waals surface area contributed by atoms with Gasteiger partial charge in [-0.25, -0.2) is 4.98 Å². The molecular formula is C18H25N3O. The summed E-state index contributed by atoms with van der Waals surface area (Å²) >= 11 is 0. The first-order valence-corrected chi connectivity index (χ1v) is 8.14. The number of anilines is 1. The third kappa shape index (κ3) is 3.17. The summed E-state index contributed by atoms with van der Waals surface area (Å²) in [5, 5.41) is 4.79. The Bertz CT molecular complexity index is 656. The van der Waals surface area contributed by atoms with Gasteiger partial charge in [-0.2, -0.15) is 0 Å². The Morgan fingerprint density at radius 2 is 2.23 bits per heavy atom. The Morgan fingerprint density at radius 1 is 1.36 bits per heavy atom. The molecule has 0 amide bonds. The van der Waals surface area contributed by atoms with Crippen LogP contribution in [-0.2, 0) is 0 Å². The van der Waals surface area contributed by atoms with Crippen molar-refractivity contribution in [2.45, 2.75) is 32.7 Å². The van der Waals surface area contributed by atoms with Crippen molar-refractivity contribution in [1.29, 1.82) is 0 Å². The van der Waals surface area contributed by atoms with Crippen molar-refractivity contribution < 1.29 is 4.74 Å². The Balaban J connectivity index is 1.79. The van der Waals surface area contributed by atoms with Crippen LogP contribution in [0, 0.1) is 6.92 Å². The standard InChI is InChI=1S/C18H25N3O/c1-4-8-21-9-7-14(12-21)19-18-10-13(2)16-6-5-15(22-3)11-17(16)20-18/h5-6,10-11,14H,4,7-9,12H2,1-3H3,(H,19,20). The van der Waals surface area contributed by atoms with Gasteiger partial charge in [0.1, 0.15) is 11.6 Å². The van der Waals surface area contributed by atoms with Crippen molar-refractivity contribution in [3.05, 3.63) is 29.8 Å². The van der Waals surface area contributed by atoms with Crippen LogP contribution in [0.4, 0.5) is 5.82 Å². The van der Waals surface area contributed by atoms with E-state index in [0.29, 0.717) is 6.04 Å². The van der Waals surface area contributed by atoms with Crippen LogP contribution in [0.25, 0.3) is 10.9 Å². The van der Waals surface area contributed by atoms with E-state index in [9.17, 15) is 0 Å². The lowest BCUT2D eigenvalue weighted by atomic mass is 10.1. The van der Waals surface area contributed by atoms with E-state index >= 15 is 0 Å². The van der Waals surface area contributed by atoms with Crippen molar-refractivity contribution >= 4 is 16.7 Å². The molecule has 1 aromatic carbocycles. The van der Waals surface area contributed by atoms with Gasteiger partial charge in [-0.05, 0) is 50.1 Å². The van der Waals surface area contributed by atoms with Crippen molar-refractivity contribution in [3.8, 4) is 5.75 Å². The predicted molar refractivity (Wildman–Crippen MR) is 91.8 cm³/mol. The molecule has 22 heavy (non-hydrogen) atoms. The van der Waals surface area contributed by atoms with Gasteiger partial charge < -0.3 is 15.0 Å². The van der Waals surface area contributed by atoms with Gasteiger partial charge >= 0.3 is 0 Å². The van der Waals surface area contributed by atoms with E-state index in [1.54, 1.807) is 7.11 Å².